The lowest BCUT2D eigenvalue weighted by Gasteiger charge is -2.25. The minimum atomic E-state index is -4.67. The zero-order valence-corrected chi connectivity index (χ0v) is 18.0. The smallest absolute Gasteiger partial charge is 0.406 e. The number of carbonyl (C=O) groups excluding carboxylic acids is 2. The van der Waals surface area contributed by atoms with E-state index in [4.69, 9.17) is 37.4 Å². The summed E-state index contributed by atoms with van der Waals surface area (Å²) in [5, 5.41) is -0.217. The summed E-state index contributed by atoms with van der Waals surface area (Å²) in [6, 6.07) is 8.21. The first-order chi connectivity index (χ1) is 14.6. The molecule has 0 atom stereocenters. The van der Waals surface area contributed by atoms with Crippen LogP contribution in [0.5, 0.6) is 11.5 Å². The second-order valence-corrected chi connectivity index (χ2v) is 6.86. The van der Waals surface area contributed by atoms with Gasteiger partial charge in [-0.25, -0.2) is 4.79 Å². The number of nitrogens with zero attached hydrogens (tertiary/aromatic N) is 1. The molecule has 0 heterocycles. The molecule has 31 heavy (non-hydrogen) atoms. The molecular weight excluding hydrogens is 462 g/mol. The molecule has 0 aliphatic rings. The highest BCUT2D eigenvalue weighted by Crippen LogP contribution is 2.35. The van der Waals surface area contributed by atoms with Crippen molar-refractivity contribution in [3.63, 3.8) is 0 Å². The number of hydrogen-bond donors (Lipinski definition) is 0. The van der Waals surface area contributed by atoms with Crippen LogP contribution in [0.1, 0.15) is 17.3 Å². The monoisotopic (exact) mass is 479 g/mol. The van der Waals surface area contributed by atoms with Crippen molar-refractivity contribution in [1.82, 2.24) is 0 Å². The van der Waals surface area contributed by atoms with Crippen LogP contribution in [-0.2, 0) is 9.53 Å². The van der Waals surface area contributed by atoms with Crippen LogP contribution in [0.2, 0.25) is 10.0 Å². The van der Waals surface area contributed by atoms with E-state index in [1.165, 1.54) is 37.4 Å². The van der Waals surface area contributed by atoms with E-state index < -0.39 is 31.2 Å². The highest BCUT2D eigenvalue weighted by atomic mass is 35.5. The van der Waals surface area contributed by atoms with E-state index in [1.54, 1.807) is 13.0 Å². The molecule has 0 N–H and O–H groups in total. The molecule has 0 aromatic heterocycles. The van der Waals surface area contributed by atoms with Crippen LogP contribution < -0.4 is 14.4 Å². The molecule has 0 aliphatic heterocycles. The number of hydrogen-bond acceptors (Lipinski definition) is 5. The first-order valence-electron chi connectivity index (χ1n) is 8.86. The van der Waals surface area contributed by atoms with Crippen LogP contribution in [0.4, 0.5) is 18.9 Å². The maximum absolute atomic E-state index is 13.1. The molecule has 168 valence electrons. The van der Waals surface area contributed by atoms with Gasteiger partial charge in [0.2, 0.25) is 0 Å². The summed E-state index contributed by atoms with van der Waals surface area (Å²) in [6.45, 7) is -0.595. The first-order valence-corrected chi connectivity index (χ1v) is 9.62. The molecule has 0 bridgehead atoms. The average Bonchev–Trinajstić information content (AvgIpc) is 2.70. The Morgan fingerprint density at radius 1 is 1.10 bits per heavy atom. The molecule has 0 radical (unpaired) electrons. The van der Waals surface area contributed by atoms with Gasteiger partial charge in [0.15, 0.2) is 12.4 Å². The number of carbonyl (C=O) groups is 2. The molecule has 2 aromatic carbocycles. The SMILES string of the molecule is CCOC(=O)c1cc(Cl)c(OCC(=O)N(CC(F)(F)F)c2ccccc2OC)c(Cl)c1. The van der Waals surface area contributed by atoms with Crippen molar-refractivity contribution < 1.29 is 37.0 Å². The topological polar surface area (TPSA) is 65.1 Å². The highest BCUT2D eigenvalue weighted by Gasteiger charge is 2.35. The number of ether oxygens (including phenoxy) is 3. The van der Waals surface area contributed by atoms with Gasteiger partial charge < -0.3 is 14.2 Å². The van der Waals surface area contributed by atoms with Gasteiger partial charge in [0.25, 0.3) is 5.91 Å². The van der Waals surface area contributed by atoms with Gasteiger partial charge in [-0.1, -0.05) is 35.3 Å². The summed E-state index contributed by atoms with van der Waals surface area (Å²) in [6.07, 6.45) is -4.67. The van der Waals surface area contributed by atoms with E-state index >= 15 is 0 Å². The molecule has 0 aliphatic carbocycles. The van der Waals surface area contributed by atoms with Gasteiger partial charge in [-0.3, -0.25) is 9.69 Å². The van der Waals surface area contributed by atoms with Crippen molar-refractivity contribution in [3.8, 4) is 11.5 Å². The maximum Gasteiger partial charge on any atom is 0.406 e. The van der Waals surface area contributed by atoms with Gasteiger partial charge in [-0.05, 0) is 31.2 Å². The van der Waals surface area contributed by atoms with E-state index in [2.05, 4.69) is 0 Å². The quantitative estimate of drug-likeness (QED) is 0.489. The number of benzene rings is 2. The van der Waals surface area contributed by atoms with E-state index in [1.807, 2.05) is 0 Å². The van der Waals surface area contributed by atoms with Crippen molar-refractivity contribution in [2.24, 2.45) is 0 Å². The lowest BCUT2D eigenvalue weighted by Crippen LogP contribution is -2.41. The second-order valence-electron chi connectivity index (χ2n) is 6.05. The average molecular weight is 480 g/mol. The van der Waals surface area contributed by atoms with Crippen LogP contribution in [0.15, 0.2) is 36.4 Å². The Bertz CT molecular complexity index is 930. The Kier molecular flexibility index (Phi) is 8.41. The van der Waals surface area contributed by atoms with Gasteiger partial charge in [0.05, 0.1) is 35.0 Å². The standard InChI is InChI=1S/C20H18Cl2F3NO5/c1-3-30-19(28)12-8-13(21)18(14(22)9-12)31-10-17(27)26(11-20(23,24)25)15-6-4-5-7-16(15)29-2/h4-9H,3,10-11H2,1-2H3. The number of rotatable bonds is 8. The second kappa shape index (κ2) is 10.6. The summed E-state index contributed by atoms with van der Waals surface area (Å²) in [5.74, 6) is -1.75. The summed E-state index contributed by atoms with van der Waals surface area (Å²) in [4.78, 5) is 24.9. The molecule has 0 spiro atoms. The van der Waals surface area contributed by atoms with E-state index in [-0.39, 0.29) is 39.4 Å². The summed E-state index contributed by atoms with van der Waals surface area (Å²) in [5.41, 5.74) is -0.0194. The molecule has 0 saturated carbocycles. The third-order valence-electron chi connectivity index (χ3n) is 3.86. The molecule has 11 heteroatoms. The molecule has 0 saturated heterocycles. The van der Waals surface area contributed by atoms with Gasteiger partial charge in [-0.15, -0.1) is 0 Å². The Labute approximate surface area is 186 Å². The highest BCUT2D eigenvalue weighted by molar-refractivity contribution is 6.37. The Hall–Kier alpha value is -2.65. The Morgan fingerprint density at radius 3 is 2.26 bits per heavy atom. The van der Waals surface area contributed by atoms with Crippen molar-refractivity contribution in [2.75, 3.05) is 31.8 Å². The third kappa shape index (κ3) is 6.67. The minimum absolute atomic E-state index is 0.0586. The Morgan fingerprint density at radius 2 is 1.71 bits per heavy atom. The number of anilines is 1. The number of para-hydroxylation sites is 2. The number of methoxy groups -OCH3 is 1. The van der Waals surface area contributed by atoms with Crippen LogP contribution in [0, 0.1) is 0 Å². The van der Waals surface area contributed by atoms with Gasteiger partial charge in [-0.2, -0.15) is 13.2 Å². The summed E-state index contributed by atoms with van der Waals surface area (Å²) < 4.78 is 54.5. The molecule has 2 rings (SSSR count). The molecule has 1 amide bonds. The fourth-order valence-electron chi connectivity index (χ4n) is 2.58. The van der Waals surface area contributed by atoms with Gasteiger partial charge >= 0.3 is 12.1 Å². The predicted octanol–water partition coefficient (Wildman–Crippen LogP) is 5.15. The van der Waals surface area contributed by atoms with Crippen molar-refractivity contribution >= 4 is 40.8 Å². The third-order valence-corrected chi connectivity index (χ3v) is 4.43. The lowest BCUT2D eigenvalue weighted by molar-refractivity contribution is -0.133. The maximum atomic E-state index is 13.1. The van der Waals surface area contributed by atoms with Crippen molar-refractivity contribution in [3.05, 3.63) is 52.0 Å². The summed E-state index contributed by atoms with van der Waals surface area (Å²) in [7, 11) is 1.27. The fourth-order valence-corrected chi connectivity index (χ4v) is 3.18. The molecule has 2 aromatic rings. The number of esters is 1. The number of amides is 1. The van der Waals surface area contributed by atoms with Crippen molar-refractivity contribution in [2.45, 2.75) is 13.1 Å². The molecule has 0 unspecified atom stereocenters. The van der Waals surface area contributed by atoms with Crippen LogP contribution in [-0.4, -0.2) is 44.9 Å². The van der Waals surface area contributed by atoms with Gasteiger partial charge in [0.1, 0.15) is 12.3 Å². The van der Waals surface area contributed by atoms with Gasteiger partial charge in [0, 0.05) is 0 Å². The van der Waals surface area contributed by atoms with Crippen LogP contribution in [0.25, 0.3) is 0 Å². The largest absolute Gasteiger partial charge is 0.495 e. The fraction of sp³-hybridized carbons (Fsp3) is 0.300. The number of halogens is 5. The molecule has 6 nitrogen and oxygen atoms in total. The normalized spacial score (nSPS) is 11.1. The van der Waals surface area contributed by atoms with Crippen LogP contribution in [0.3, 0.4) is 0 Å². The van der Waals surface area contributed by atoms with E-state index in [9.17, 15) is 22.8 Å². The lowest BCUT2D eigenvalue weighted by atomic mass is 10.2. The molecule has 0 fully saturated rings. The minimum Gasteiger partial charge on any atom is -0.495 e. The Balaban J connectivity index is 2.26. The van der Waals surface area contributed by atoms with E-state index in [0.29, 0.717) is 4.90 Å². The zero-order chi connectivity index (χ0) is 23.2. The van der Waals surface area contributed by atoms with Crippen LogP contribution >= 0.6 is 23.2 Å². The summed E-state index contributed by atoms with van der Waals surface area (Å²) >= 11 is 12.1. The predicted molar refractivity (Wildman–Crippen MR) is 109 cm³/mol. The number of alkyl halides is 3. The molecular formula is C20H18Cl2F3NO5. The zero-order valence-electron chi connectivity index (χ0n) is 16.5. The van der Waals surface area contributed by atoms with Crippen molar-refractivity contribution in [1.29, 1.82) is 0 Å². The first kappa shape index (κ1) is 24.6. The van der Waals surface area contributed by atoms with E-state index in [0.717, 1.165) is 0 Å².